The Morgan fingerprint density at radius 1 is 1.38 bits per heavy atom. The normalized spacial score (nSPS) is 12.4. The van der Waals surface area contributed by atoms with Gasteiger partial charge in [0.15, 0.2) is 0 Å². The molecule has 0 spiro atoms. The van der Waals surface area contributed by atoms with Crippen LogP contribution < -0.4 is 5.73 Å². The molecule has 0 bridgehead atoms. The lowest BCUT2D eigenvalue weighted by atomic mass is 9.87. The molecule has 0 aliphatic carbocycles. The van der Waals surface area contributed by atoms with Gasteiger partial charge in [-0.15, -0.1) is 0 Å². The average molecular weight is 219 g/mol. The lowest BCUT2D eigenvalue weighted by Crippen LogP contribution is -2.16. The van der Waals surface area contributed by atoms with Gasteiger partial charge in [-0.2, -0.15) is 0 Å². The molecule has 0 aromatic heterocycles. The molecule has 0 aliphatic rings. The van der Waals surface area contributed by atoms with Crippen molar-refractivity contribution in [1.29, 1.82) is 0 Å². The van der Waals surface area contributed by atoms with Crippen LogP contribution in [0.5, 0.6) is 0 Å². The predicted octanol–water partition coefficient (Wildman–Crippen LogP) is 3.06. The summed E-state index contributed by atoms with van der Waals surface area (Å²) in [4.78, 5) is 11.1. The minimum atomic E-state index is -0.210. The molecule has 88 valence electrons. The van der Waals surface area contributed by atoms with E-state index < -0.39 is 0 Å². The van der Waals surface area contributed by atoms with Crippen LogP contribution in [0.15, 0.2) is 18.2 Å². The molecule has 0 saturated heterocycles. The molecule has 1 amide bonds. The van der Waals surface area contributed by atoms with Gasteiger partial charge in [-0.1, -0.05) is 37.1 Å². The number of primary amides is 1. The Labute approximate surface area is 97.9 Å². The Morgan fingerprint density at radius 2 is 2.06 bits per heavy atom. The molecule has 2 nitrogen and oxygen atoms in total. The van der Waals surface area contributed by atoms with Gasteiger partial charge in [0.2, 0.25) is 5.91 Å². The molecule has 0 fully saturated rings. The van der Waals surface area contributed by atoms with Crippen LogP contribution >= 0.6 is 0 Å². The van der Waals surface area contributed by atoms with E-state index in [1.54, 1.807) is 0 Å². The fraction of sp³-hybridized carbons (Fsp3) is 0.500. The van der Waals surface area contributed by atoms with Crippen LogP contribution in [0.1, 0.15) is 48.8 Å². The van der Waals surface area contributed by atoms with E-state index in [4.69, 9.17) is 5.73 Å². The molecule has 0 radical (unpaired) electrons. The molecular weight excluding hydrogens is 198 g/mol. The lowest BCUT2D eigenvalue weighted by Gasteiger charge is -2.17. The van der Waals surface area contributed by atoms with E-state index in [0.29, 0.717) is 6.42 Å². The fourth-order valence-corrected chi connectivity index (χ4v) is 2.24. The van der Waals surface area contributed by atoms with Crippen molar-refractivity contribution < 1.29 is 4.79 Å². The summed E-state index contributed by atoms with van der Waals surface area (Å²) in [6.45, 7) is 6.32. The van der Waals surface area contributed by atoms with Crippen LogP contribution in [-0.4, -0.2) is 5.91 Å². The van der Waals surface area contributed by atoms with E-state index in [2.05, 4.69) is 39.0 Å². The number of aryl methyl sites for hydroxylation is 2. The van der Waals surface area contributed by atoms with Gasteiger partial charge in [-0.25, -0.2) is 0 Å². The largest absolute Gasteiger partial charge is 0.370 e. The standard InChI is InChI=1S/C14H21NO/c1-4-5-12(9-14(15)16)13-7-6-10(2)8-11(13)3/h6-8,12H,4-5,9H2,1-3H3,(H2,15,16). The highest BCUT2D eigenvalue weighted by molar-refractivity contribution is 5.74. The Bertz CT molecular complexity index is 371. The first-order valence-electron chi connectivity index (χ1n) is 5.90. The van der Waals surface area contributed by atoms with Crippen LogP contribution in [0.2, 0.25) is 0 Å². The van der Waals surface area contributed by atoms with E-state index >= 15 is 0 Å². The number of amides is 1. The van der Waals surface area contributed by atoms with Crippen LogP contribution in [0.3, 0.4) is 0 Å². The number of nitrogens with two attached hydrogens (primary N) is 1. The molecular formula is C14H21NO. The highest BCUT2D eigenvalue weighted by atomic mass is 16.1. The SMILES string of the molecule is CCCC(CC(N)=O)c1ccc(C)cc1C. The van der Waals surface area contributed by atoms with Gasteiger partial charge in [0.05, 0.1) is 0 Å². The summed E-state index contributed by atoms with van der Waals surface area (Å²) in [7, 11) is 0. The van der Waals surface area contributed by atoms with Gasteiger partial charge in [0.25, 0.3) is 0 Å². The first-order valence-corrected chi connectivity index (χ1v) is 5.90. The zero-order chi connectivity index (χ0) is 12.1. The molecule has 1 aromatic carbocycles. The smallest absolute Gasteiger partial charge is 0.218 e. The topological polar surface area (TPSA) is 43.1 Å². The second kappa shape index (κ2) is 5.69. The maximum atomic E-state index is 11.1. The number of carbonyl (C=O) groups is 1. The molecule has 1 aromatic rings. The maximum Gasteiger partial charge on any atom is 0.218 e. The highest BCUT2D eigenvalue weighted by Crippen LogP contribution is 2.27. The van der Waals surface area contributed by atoms with Gasteiger partial charge < -0.3 is 5.73 Å². The van der Waals surface area contributed by atoms with Gasteiger partial charge in [-0.05, 0) is 37.3 Å². The second-order valence-electron chi connectivity index (χ2n) is 4.52. The molecule has 0 heterocycles. The van der Waals surface area contributed by atoms with Crippen molar-refractivity contribution >= 4 is 5.91 Å². The van der Waals surface area contributed by atoms with Crippen molar-refractivity contribution in [3.8, 4) is 0 Å². The molecule has 16 heavy (non-hydrogen) atoms. The molecule has 1 atom stereocenters. The Morgan fingerprint density at radius 3 is 2.56 bits per heavy atom. The predicted molar refractivity (Wildman–Crippen MR) is 67.4 cm³/mol. The van der Waals surface area contributed by atoms with Crippen LogP contribution in [0, 0.1) is 13.8 Å². The quantitative estimate of drug-likeness (QED) is 0.812. The number of hydrogen-bond donors (Lipinski definition) is 1. The minimum Gasteiger partial charge on any atom is -0.370 e. The van der Waals surface area contributed by atoms with Gasteiger partial charge in [0, 0.05) is 6.42 Å². The summed E-state index contributed by atoms with van der Waals surface area (Å²) in [6.07, 6.45) is 2.55. The van der Waals surface area contributed by atoms with Gasteiger partial charge in [0.1, 0.15) is 0 Å². The van der Waals surface area contributed by atoms with Crippen molar-refractivity contribution in [2.45, 2.75) is 46.0 Å². The van der Waals surface area contributed by atoms with Crippen LogP contribution in [0.4, 0.5) is 0 Å². The van der Waals surface area contributed by atoms with Crippen molar-refractivity contribution in [2.75, 3.05) is 0 Å². The van der Waals surface area contributed by atoms with E-state index in [0.717, 1.165) is 12.8 Å². The minimum absolute atomic E-state index is 0.210. The summed E-state index contributed by atoms with van der Waals surface area (Å²) < 4.78 is 0. The van der Waals surface area contributed by atoms with Crippen molar-refractivity contribution in [3.63, 3.8) is 0 Å². The third-order valence-corrected chi connectivity index (χ3v) is 2.95. The summed E-state index contributed by atoms with van der Waals surface area (Å²) in [6, 6.07) is 6.40. The van der Waals surface area contributed by atoms with Crippen molar-refractivity contribution in [2.24, 2.45) is 5.73 Å². The molecule has 2 N–H and O–H groups in total. The number of carbonyl (C=O) groups excluding carboxylic acids is 1. The molecule has 0 saturated carbocycles. The molecule has 2 heteroatoms. The van der Waals surface area contributed by atoms with E-state index in [1.807, 2.05) is 0 Å². The fourth-order valence-electron chi connectivity index (χ4n) is 2.24. The van der Waals surface area contributed by atoms with E-state index in [1.165, 1.54) is 16.7 Å². The Kier molecular flexibility index (Phi) is 4.53. The zero-order valence-corrected chi connectivity index (χ0v) is 10.4. The average Bonchev–Trinajstić information content (AvgIpc) is 2.16. The van der Waals surface area contributed by atoms with Crippen molar-refractivity contribution in [1.82, 2.24) is 0 Å². The van der Waals surface area contributed by atoms with E-state index in [-0.39, 0.29) is 11.8 Å². The second-order valence-corrected chi connectivity index (χ2v) is 4.52. The van der Waals surface area contributed by atoms with Crippen LogP contribution in [0.25, 0.3) is 0 Å². The molecule has 1 rings (SSSR count). The van der Waals surface area contributed by atoms with Gasteiger partial charge >= 0.3 is 0 Å². The summed E-state index contributed by atoms with van der Waals surface area (Å²) in [5.74, 6) is 0.0709. The Hall–Kier alpha value is -1.31. The Balaban J connectivity index is 2.95. The monoisotopic (exact) mass is 219 g/mol. The third-order valence-electron chi connectivity index (χ3n) is 2.95. The molecule has 1 unspecified atom stereocenters. The van der Waals surface area contributed by atoms with Gasteiger partial charge in [-0.3, -0.25) is 4.79 Å². The number of rotatable bonds is 5. The van der Waals surface area contributed by atoms with Crippen molar-refractivity contribution in [3.05, 3.63) is 34.9 Å². The lowest BCUT2D eigenvalue weighted by molar-refractivity contribution is -0.118. The first kappa shape index (κ1) is 12.8. The van der Waals surface area contributed by atoms with Crippen LogP contribution in [-0.2, 0) is 4.79 Å². The highest BCUT2D eigenvalue weighted by Gasteiger charge is 2.15. The summed E-state index contributed by atoms with van der Waals surface area (Å²) in [5, 5.41) is 0. The summed E-state index contributed by atoms with van der Waals surface area (Å²) >= 11 is 0. The number of hydrogen-bond acceptors (Lipinski definition) is 1. The zero-order valence-electron chi connectivity index (χ0n) is 10.4. The summed E-state index contributed by atoms with van der Waals surface area (Å²) in [5.41, 5.74) is 9.10. The third kappa shape index (κ3) is 3.37. The number of benzene rings is 1. The maximum absolute atomic E-state index is 11.1. The first-order chi connectivity index (χ1) is 7.54. The van der Waals surface area contributed by atoms with E-state index in [9.17, 15) is 4.79 Å². The molecule has 0 aliphatic heterocycles.